The highest BCUT2D eigenvalue weighted by Gasteiger charge is 2.13. The Balaban J connectivity index is 1.77. The van der Waals surface area contributed by atoms with Gasteiger partial charge in [-0.25, -0.2) is 4.98 Å². The summed E-state index contributed by atoms with van der Waals surface area (Å²) >= 11 is 6.38. The summed E-state index contributed by atoms with van der Waals surface area (Å²) in [6, 6.07) is 16.2. The number of amides is 1. The maximum Gasteiger partial charge on any atom is 0.251 e. The quantitative estimate of drug-likeness (QED) is 0.515. The van der Waals surface area contributed by atoms with Crippen molar-refractivity contribution in [1.29, 1.82) is 5.26 Å². The molecule has 31 heavy (non-hydrogen) atoms. The first kappa shape index (κ1) is 22.3. The third-order valence-electron chi connectivity index (χ3n) is 4.72. The summed E-state index contributed by atoms with van der Waals surface area (Å²) < 4.78 is 5.68. The van der Waals surface area contributed by atoms with Crippen LogP contribution in [0.3, 0.4) is 0 Å². The molecule has 0 aliphatic rings. The zero-order valence-electron chi connectivity index (χ0n) is 17.1. The Morgan fingerprint density at radius 3 is 2.77 bits per heavy atom. The minimum absolute atomic E-state index is 0.0615. The van der Waals surface area contributed by atoms with Gasteiger partial charge in [0.15, 0.2) is 0 Å². The SMILES string of the molecule is Cc1cc(C#N)ncc1-c1cc(C(=O)NCc2ccccc2OCCCO)ccc1Cl. The second kappa shape index (κ2) is 10.6. The van der Waals surface area contributed by atoms with Crippen molar-refractivity contribution in [3.05, 3.63) is 82.1 Å². The number of aliphatic hydroxyl groups is 1. The van der Waals surface area contributed by atoms with E-state index >= 15 is 0 Å². The predicted molar refractivity (Wildman–Crippen MR) is 119 cm³/mol. The molecule has 0 fully saturated rings. The molecule has 0 bridgehead atoms. The van der Waals surface area contributed by atoms with Crippen molar-refractivity contribution in [3.63, 3.8) is 0 Å². The van der Waals surface area contributed by atoms with E-state index in [1.54, 1.807) is 30.5 Å². The van der Waals surface area contributed by atoms with Gasteiger partial charge in [0.1, 0.15) is 17.5 Å². The maximum atomic E-state index is 12.8. The molecule has 0 unspecified atom stereocenters. The van der Waals surface area contributed by atoms with Gasteiger partial charge in [0, 0.05) is 53.0 Å². The van der Waals surface area contributed by atoms with Crippen molar-refractivity contribution in [2.45, 2.75) is 19.9 Å². The van der Waals surface area contributed by atoms with Crippen LogP contribution in [-0.2, 0) is 6.54 Å². The summed E-state index contributed by atoms with van der Waals surface area (Å²) in [6.07, 6.45) is 2.13. The molecule has 0 radical (unpaired) electrons. The molecule has 0 aliphatic heterocycles. The number of para-hydroxylation sites is 1. The first-order chi connectivity index (χ1) is 15.0. The highest BCUT2D eigenvalue weighted by atomic mass is 35.5. The number of aromatic nitrogens is 1. The number of benzene rings is 2. The van der Waals surface area contributed by atoms with Gasteiger partial charge in [-0.3, -0.25) is 4.79 Å². The van der Waals surface area contributed by atoms with Crippen LogP contribution in [-0.4, -0.2) is 29.2 Å². The fourth-order valence-electron chi connectivity index (χ4n) is 3.09. The van der Waals surface area contributed by atoms with E-state index < -0.39 is 0 Å². The average Bonchev–Trinajstić information content (AvgIpc) is 2.79. The number of nitrogens with zero attached hydrogens (tertiary/aromatic N) is 2. The summed E-state index contributed by atoms with van der Waals surface area (Å²) in [6.45, 7) is 2.63. The van der Waals surface area contributed by atoms with E-state index in [9.17, 15) is 4.79 Å². The number of rotatable bonds is 8. The van der Waals surface area contributed by atoms with Gasteiger partial charge in [-0.15, -0.1) is 0 Å². The predicted octanol–water partition coefficient (Wildman–Crippen LogP) is 4.27. The van der Waals surface area contributed by atoms with Crippen LogP contribution in [0, 0.1) is 18.3 Å². The third kappa shape index (κ3) is 5.60. The van der Waals surface area contributed by atoms with E-state index in [0.717, 1.165) is 16.7 Å². The number of nitriles is 1. The first-order valence-corrected chi connectivity index (χ1v) is 10.2. The third-order valence-corrected chi connectivity index (χ3v) is 5.05. The van der Waals surface area contributed by atoms with Crippen molar-refractivity contribution in [2.24, 2.45) is 0 Å². The van der Waals surface area contributed by atoms with Crippen molar-refractivity contribution in [1.82, 2.24) is 10.3 Å². The van der Waals surface area contributed by atoms with Gasteiger partial charge in [-0.05, 0) is 42.8 Å². The number of halogens is 1. The second-order valence-electron chi connectivity index (χ2n) is 6.91. The molecular weight excluding hydrogens is 414 g/mol. The minimum Gasteiger partial charge on any atom is -0.493 e. The lowest BCUT2D eigenvalue weighted by atomic mass is 10.00. The molecule has 1 aromatic heterocycles. The van der Waals surface area contributed by atoms with E-state index in [4.69, 9.17) is 26.7 Å². The normalized spacial score (nSPS) is 10.4. The molecule has 1 amide bonds. The maximum absolute atomic E-state index is 12.8. The summed E-state index contributed by atoms with van der Waals surface area (Å²) in [5.41, 5.74) is 3.92. The molecule has 1 heterocycles. The second-order valence-corrected chi connectivity index (χ2v) is 7.31. The first-order valence-electron chi connectivity index (χ1n) is 9.80. The van der Waals surface area contributed by atoms with Crippen LogP contribution in [0.15, 0.2) is 54.7 Å². The number of nitrogens with one attached hydrogen (secondary N) is 1. The Labute approximate surface area is 186 Å². The van der Waals surface area contributed by atoms with Gasteiger partial charge in [0.05, 0.1) is 6.61 Å². The molecule has 2 aromatic carbocycles. The number of aliphatic hydroxyl groups excluding tert-OH is 1. The Hall–Kier alpha value is -3.40. The highest BCUT2D eigenvalue weighted by Crippen LogP contribution is 2.31. The average molecular weight is 436 g/mol. The summed E-state index contributed by atoms with van der Waals surface area (Å²) in [5, 5.41) is 21.3. The van der Waals surface area contributed by atoms with E-state index in [0.29, 0.717) is 47.2 Å². The molecule has 6 nitrogen and oxygen atoms in total. The molecule has 158 valence electrons. The lowest BCUT2D eigenvalue weighted by molar-refractivity contribution is 0.0950. The highest BCUT2D eigenvalue weighted by molar-refractivity contribution is 6.33. The van der Waals surface area contributed by atoms with Gasteiger partial charge in [0.2, 0.25) is 0 Å². The topological polar surface area (TPSA) is 95.2 Å². The summed E-state index contributed by atoms with van der Waals surface area (Å²) in [5.74, 6) is 0.426. The molecule has 3 rings (SSSR count). The smallest absolute Gasteiger partial charge is 0.251 e. The summed E-state index contributed by atoms with van der Waals surface area (Å²) in [7, 11) is 0. The molecule has 0 aliphatic carbocycles. The standard InChI is InChI=1S/C24H22ClN3O3/c1-16-11-19(13-26)27-15-21(16)20-12-17(7-8-22(20)25)24(30)28-14-18-5-2-3-6-23(18)31-10-4-9-29/h2-3,5-8,11-12,15,29H,4,9-10,14H2,1H3,(H,28,30). The number of hydrogen-bond acceptors (Lipinski definition) is 5. The number of aryl methyl sites for hydroxylation is 1. The molecular formula is C24H22ClN3O3. The molecule has 7 heteroatoms. The number of ether oxygens (including phenoxy) is 1. The van der Waals surface area contributed by atoms with Crippen LogP contribution in [0.1, 0.15) is 33.6 Å². The van der Waals surface area contributed by atoms with Crippen molar-refractivity contribution in [3.8, 4) is 22.9 Å². The van der Waals surface area contributed by atoms with Gasteiger partial charge < -0.3 is 15.2 Å². The zero-order valence-corrected chi connectivity index (χ0v) is 17.8. The monoisotopic (exact) mass is 435 g/mol. The van der Waals surface area contributed by atoms with Crippen LogP contribution >= 0.6 is 11.6 Å². The van der Waals surface area contributed by atoms with Gasteiger partial charge in [-0.2, -0.15) is 5.26 Å². The van der Waals surface area contributed by atoms with Crippen LogP contribution in [0.25, 0.3) is 11.1 Å². The van der Waals surface area contributed by atoms with E-state index in [-0.39, 0.29) is 12.5 Å². The number of pyridine rings is 1. The van der Waals surface area contributed by atoms with Gasteiger partial charge in [0.25, 0.3) is 5.91 Å². The Bertz CT molecular complexity index is 1130. The van der Waals surface area contributed by atoms with Crippen LogP contribution in [0.4, 0.5) is 0 Å². The zero-order chi connectivity index (χ0) is 22.2. The number of carbonyl (C=O) groups excluding carboxylic acids is 1. The molecule has 0 spiro atoms. The van der Waals surface area contributed by atoms with Crippen LogP contribution in [0.2, 0.25) is 5.02 Å². The molecule has 0 atom stereocenters. The number of carbonyl (C=O) groups is 1. The van der Waals surface area contributed by atoms with Crippen molar-refractivity contribution >= 4 is 17.5 Å². The lowest BCUT2D eigenvalue weighted by Gasteiger charge is -2.13. The van der Waals surface area contributed by atoms with Crippen LogP contribution < -0.4 is 10.1 Å². The Morgan fingerprint density at radius 2 is 2.03 bits per heavy atom. The molecule has 0 saturated carbocycles. The largest absolute Gasteiger partial charge is 0.493 e. The Kier molecular flexibility index (Phi) is 7.60. The van der Waals surface area contributed by atoms with Crippen molar-refractivity contribution < 1.29 is 14.6 Å². The summed E-state index contributed by atoms with van der Waals surface area (Å²) in [4.78, 5) is 16.9. The van der Waals surface area contributed by atoms with Crippen molar-refractivity contribution in [2.75, 3.05) is 13.2 Å². The van der Waals surface area contributed by atoms with E-state index in [2.05, 4.69) is 10.3 Å². The van der Waals surface area contributed by atoms with Crippen LogP contribution in [0.5, 0.6) is 5.75 Å². The number of hydrogen-bond donors (Lipinski definition) is 2. The lowest BCUT2D eigenvalue weighted by Crippen LogP contribution is -2.23. The molecule has 0 saturated heterocycles. The Morgan fingerprint density at radius 1 is 1.23 bits per heavy atom. The minimum atomic E-state index is -0.248. The van der Waals surface area contributed by atoms with E-state index in [1.165, 1.54) is 0 Å². The molecule has 2 N–H and O–H groups in total. The van der Waals surface area contributed by atoms with E-state index in [1.807, 2.05) is 37.3 Å². The fraction of sp³-hybridized carbons (Fsp3) is 0.208. The van der Waals surface area contributed by atoms with Gasteiger partial charge >= 0.3 is 0 Å². The molecule has 3 aromatic rings. The fourth-order valence-corrected chi connectivity index (χ4v) is 3.31. The van der Waals surface area contributed by atoms with Gasteiger partial charge in [-0.1, -0.05) is 29.8 Å².